The first-order chi connectivity index (χ1) is 14.5. The van der Waals surface area contributed by atoms with Gasteiger partial charge in [-0.05, 0) is 31.2 Å². The van der Waals surface area contributed by atoms with Gasteiger partial charge in [0.15, 0.2) is 9.47 Å². The van der Waals surface area contributed by atoms with Crippen molar-refractivity contribution < 1.29 is 9.59 Å². The molecule has 0 unspecified atom stereocenters. The molecule has 152 valence electrons. The molecule has 0 aliphatic heterocycles. The second-order valence-corrected chi connectivity index (χ2v) is 9.63. The van der Waals surface area contributed by atoms with Crippen LogP contribution in [0.5, 0.6) is 0 Å². The van der Waals surface area contributed by atoms with Crippen LogP contribution in [0.25, 0.3) is 10.2 Å². The van der Waals surface area contributed by atoms with Crippen LogP contribution >= 0.6 is 34.4 Å². The summed E-state index contributed by atoms with van der Waals surface area (Å²) in [6, 6.07) is 15.4. The van der Waals surface area contributed by atoms with Gasteiger partial charge in [-0.1, -0.05) is 52.9 Å². The van der Waals surface area contributed by atoms with Gasteiger partial charge >= 0.3 is 0 Å². The number of nitrogens with one attached hydrogen (secondary N) is 2. The molecule has 9 heteroatoms. The molecule has 2 N–H and O–H groups in total. The lowest BCUT2D eigenvalue weighted by Gasteiger charge is -2.04. The van der Waals surface area contributed by atoms with E-state index in [1.807, 2.05) is 60.8 Å². The second-order valence-electron chi connectivity index (χ2n) is 6.52. The number of carbonyl (C=O) groups is 2. The maximum Gasteiger partial charge on any atom is 0.234 e. The van der Waals surface area contributed by atoms with Gasteiger partial charge in [0.25, 0.3) is 0 Å². The summed E-state index contributed by atoms with van der Waals surface area (Å²) in [5.74, 6) is 0.0147. The molecule has 0 aliphatic carbocycles. The number of nitrogens with zero attached hydrogens (tertiary/aromatic N) is 2. The number of amides is 2. The van der Waals surface area contributed by atoms with Crippen LogP contribution in [0, 0.1) is 6.92 Å². The van der Waals surface area contributed by atoms with Crippen molar-refractivity contribution in [3.8, 4) is 0 Å². The summed E-state index contributed by atoms with van der Waals surface area (Å²) in [4.78, 5) is 33.3. The van der Waals surface area contributed by atoms with Crippen LogP contribution in [0.2, 0.25) is 0 Å². The second kappa shape index (κ2) is 9.38. The highest BCUT2D eigenvalue weighted by Crippen LogP contribution is 2.26. The third-order valence-corrected chi connectivity index (χ3v) is 7.10. The average Bonchev–Trinajstić information content (AvgIpc) is 3.34. The number of benzene rings is 2. The number of thiazole rings is 2. The average molecular weight is 455 g/mol. The Morgan fingerprint density at radius 1 is 1.00 bits per heavy atom. The van der Waals surface area contributed by atoms with Gasteiger partial charge in [-0.3, -0.25) is 9.59 Å². The van der Waals surface area contributed by atoms with Crippen molar-refractivity contribution in [2.75, 3.05) is 16.4 Å². The molecular formula is C21H18N4O2S3. The zero-order valence-corrected chi connectivity index (χ0v) is 18.5. The molecule has 0 saturated heterocycles. The predicted octanol–water partition coefficient (Wildman–Crippen LogP) is 4.97. The number of hydrogen-bond acceptors (Lipinski definition) is 7. The Balaban J connectivity index is 1.26. The van der Waals surface area contributed by atoms with Crippen molar-refractivity contribution in [2.45, 2.75) is 17.7 Å². The van der Waals surface area contributed by atoms with Crippen LogP contribution in [0.3, 0.4) is 0 Å². The topological polar surface area (TPSA) is 84.0 Å². The molecule has 2 heterocycles. The van der Waals surface area contributed by atoms with Crippen LogP contribution < -0.4 is 10.6 Å². The lowest BCUT2D eigenvalue weighted by atomic mass is 10.2. The SMILES string of the molecule is Cc1ccc(NC(=O)CSc2nc(CC(=O)Nc3nc4ccccc4s3)cs2)cc1. The number of rotatable bonds is 7. The highest BCUT2D eigenvalue weighted by molar-refractivity contribution is 8.01. The molecular weight excluding hydrogens is 436 g/mol. The van der Waals surface area contributed by atoms with Crippen molar-refractivity contribution in [1.82, 2.24) is 9.97 Å². The Bertz CT molecular complexity index is 1150. The summed E-state index contributed by atoms with van der Waals surface area (Å²) in [5, 5.41) is 8.12. The van der Waals surface area contributed by atoms with E-state index >= 15 is 0 Å². The molecule has 6 nitrogen and oxygen atoms in total. The summed E-state index contributed by atoms with van der Waals surface area (Å²) >= 11 is 4.23. The van der Waals surface area contributed by atoms with Crippen molar-refractivity contribution in [3.05, 3.63) is 65.2 Å². The van der Waals surface area contributed by atoms with Gasteiger partial charge < -0.3 is 10.6 Å². The number of hydrogen-bond donors (Lipinski definition) is 2. The van der Waals surface area contributed by atoms with Gasteiger partial charge in [-0.25, -0.2) is 9.97 Å². The number of para-hydroxylation sites is 1. The molecule has 0 fully saturated rings. The highest BCUT2D eigenvalue weighted by Gasteiger charge is 2.12. The van der Waals surface area contributed by atoms with Crippen molar-refractivity contribution in [1.29, 1.82) is 0 Å². The molecule has 0 saturated carbocycles. The maximum atomic E-state index is 12.3. The maximum absolute atomic E-state index is 12.3. The van der Waals surface area contributed by atoms with Gasteiger partial charge in [-0.15, -0.1) is 11.3 Å². The number of carbonyl (C=O) groups excluding carboxylic acids is 2. The Labute approximate surface area is 185 Å². The smallest absolute Gasteiger partial charge is 0.234 e. The summed E-state index contributed by atoms with van der Waals surface area (Å²) < 4.78 is 1.79. The fourth-order valence-corrected chi connectivity index (χ4v) is 5.18. The van der Waals surface area contributed by atoms with Crippen molar-refractivity contribution in [3.63, 3.8) is 0 Å². The van der Waals surface area contributed by atoms with Crippen LogP contribution in [0.15, 0.2) is 58.3 Å². The van der Waals surface area contributed by atoms with E-state index in [9.17, 15) is 9.59 Å². The molecule has 0 bridgehead atoms. The number of fused-ring (bicyclic) bond motifs is 1. The third kappa shape index (κ3) is 5.44. The van der Waals surface area contributed by atoms with Crippen LogP contribution in [0.1, 0.15) is 11.3 Å². The normalized spacial score (nSPS) is 10.8. The van der Waals surface area contributed by atoms with E-state index < -0.39 is 0 Å². The van der Waals surface area contributed by atoms with Gasteiger partial charge in [0.1, 0.15) is 0 Å². The van der Waals surface area contributed by atoms with E-state index in [0.717, 1.165) is 25.8 Å². The summed E-state index contributed by atoms with van der Waals surface area (Å²) in [5.41, 5.74) is 3.47. The van der Waals surface area contributed by atoms with Crippen molar-refractivity contribution in [2.24, 2.45) is 0 Å². The number of thioether (sulfide) groups is 1. The van der Waals surface area contributed by atoms with E-state index in [1.165, 1.54) is 34.4 Å². The van der Waals surface area contributed by atoms with Crippen LogP contribution in [-0.4, -0.2) is 27.5 Å². The first-order valence-corrected chi connectivity index (χ1v) is 11.8. The molecule has 0 radical (unpaired) electrons. The standard InChI is InChI=1S/C21H18N4O2S3/c1-13-6-8-14(9-7-13)22-19(27)12-29-21-23-15(11-28-21)10-18(26)25-20-24-16-4-2-3-5-17(16)30-20/h2-9,11H,10,12H2,1H3,(H,22,27)(H,24,25,26). The minimum Gasteiger partial charge on any atom is -0.325 e. The summed E-state index contributed by atoms with van der Waals surface area (Å²) in [6.45, 7) is 2.00. The molecule has 30 heavy (non-hydrogen) atoms. The molecule has 0 atom stereocenters. The summed E-state index contributed by atoms with van der Waals surface area (Å²) in [6.07, 6.45) is 0.169. The summed E-state index contributed by atoms with van der Waals surface area (Å²) in [7, 11) is 0. The largest absolute Gasteiger partial charge is 0.325 e. The van der Waals surface area contributed by atoms with E-state index in [1.54, 1.807) is 0 Å². The monoisotopic (exact) mass is 454 g/mol. The highest BCUT2D eigenvalue weighted by atomic mass is 32.2. The number of anilines is 2. The van der Waals surface area contributed by atoms with E-state index in [4.69, 9.17) is 0 Å². The number of aryl methyl sites for hydroxylation is 1. The molecule has 0 spiro atoms. The van der Waals surface area contributed by atoms with Crippen molar-refractivity contribution >= 4 is 67.3 Å². The molecule has 4 rings (SSSR count). The van der Waals surface area contributed by atoms with Crippen LogP contribution in [-0.2, 0) is 16.0 Å². The molecule has 2 aromatic carbocycles. The first kappa shape index (κ1) is 20.5. The van der Waals surface area contributed by atoms with E-state index in [2.05, 4.69) is 20.6 Å². The first-order valence-electron chi connectivity index (χ1n) is 9.14. The third-order valence-electron chi connectivity index (χ3n) is 4.07. The van der Waals surface area contributed by atoms with Gasteiger partial charge in [0.2, 0.25) is 11.8 Å². The molecule has 2 aromatic heterocycles. The minimum absolute atomic E-state index is 0.0887. The van der Waals surface area contributed by atoms with Crippen LogP contribution in [0.4, 0.5) is 10.8 Å². The molecule has 2 amide bonds. The minimum atomic E-state index is -0.159. The Kier molecular flexibility index (Phi) is 6.41. The predicted molar refractivity (Wildman–Crippen MR) is 125 cm³/mol. The van der Waals surface area contributed by atoms with Gasteiger partial charge in [0, 0.05) is 11.1 Å². The lowest BCUT2D eigenvalue weighted by Crippen LogP contribution is -2.14. The molecule has 4 aromatic rings. The van der Waals surface area contributed by atoms with Gasteiger partial charge in [-0.2, -0.15) is 0 Å². The zero-order valence-electron chi connectivity index (χ0n) is 16.0. The quantitative estimate of drug-likeness (QED) is 0.385. The Hall–Kier alpha value is -2.75. The van der Waals surface area contributed by atoms with Gasteiger partial charge in [0.05, 0.1) is 28.1 Å². The van der Waals surface area contributed by atoms with E-state index in [-0.39, 0.29) is 24.0 Å². The Morgan fingerprint density at radius 3 is 2.60 bits per heavy atom. The fourth-order valence-electron chi connectivity index (χ4n) is 2.65. The fraction of sp³-hybridized carbons (Fsp3) is 0.143. The Morgan fingerprint density at radius 2 is 1.80 bits per heavy atom. The lowest BCUT2D eigenvalue weighted by molar-refractivity contribution is -0.116. The number of aromatic nitrogens is 2. The molecule has 0 aliphatic rings. The van der Waals surface area contributed by atoms with E-state index in [0.29, 0.717) is 10.8 Å². The zero-order chi connectivity index (χ0) is 20.9.